The highest BCUT2D eigenvalue weighted by Crippen LogP contribution is 2.34. The minimum Gasteiger partial charge on any atom is -0.451 e. The average molecular weight is 366 g/mol. The zero-order chi connectivity index (χ0) is 16.6. The predicted molar refractivity (Wildman–Crippen MR) is 94.7 cm³/mol. The third kappa shape index (κ3) is 2.57. The normalized spacial score (nSPS) is 11.5. The van der Waals surface area contributed by atoms with Crippen molar-refractivity contribution in [3.05, 3.63) is 53.0 Å². The van der Waals surface area contributed by atoms with Crippen molar-refractivity contribution in [2.24, 2.45) is 0 Å². The highest BCUT2D eigenvalue weighted by molar-refractivity contribution is 7.99. The number of thiophene rings is 1. The summed E-state index contributed by atoms with van der Waals surface area (Å²) in [6.45, 7) is 0.626. The van der Waals surface area contributed by atoms with Gasteiger partial charge in [0.15, 0.2) is 10.6 Å². The van der Waals surface area contributed by atoms with Crippen LogP contribution in [-0.2, 0) is 6.54 Å². The summed E-state index contributed by atoms with van der Waals surface area (Å²) in [5, 5.41) is 16.4. The average Bonchev–Trinajstić information content (AvgIpc) is 3.36. The minimum atomic E-state index is 0.626. The van der Waals surface area contributed by atoms with E-state index in [-0.39, 0.29) is 0 Å². The van der Waals surface area contributed by atoms with Crippen LogP contribution in [0.2, 0.25) is 0 Å². The smallest absolute Gasteiger partial charge is 0.216 e. The van der Waals surface area contributed by atoms with Crippen molar-refractivity contribution >= 4 is 45.2 Å². The Labute approximate surface area is 149 Å². The molecule has 0 atom stereocenters. The van der Waals surface area contributed by atoms with Crippen molar-refractivity contribution in [2.45, 2.75) is 16.7 Å². The third-order valence-corrected chi connectivity index (χ3v) is 5.52. The van der Waals surface area contributed by atoms with Crippen molar-refractivity contribution in [1.82, 2.24) is 30.2 Å². The van der Waals surface area contributed by atoms with E-state index in [4.69, 9.17) is 4.42 Å². The SMILES string of the molecule is c1csc(Cn2nnnc2Sc2ncnc3c2oc2ccccc23)c1. The summed E-state index contributed by atoms with van der Waals surface area (Å²) in [7, 11) is 0. The first-order chi connectivity index (χ1) is 12.4. The van der Waals surface area contributed by atoms with Gasteiger partial charge >= 0.3 is 0 Å². The summed E-state index contributed by atoms with van der Waals surface area (Å²) in [5.74, 6) is 0. The molecule has 0 radical (unpaired) electrons. The first kappa shape index (κ1) is 14.6. The number of rotatable bonds is 4. The van der Waals surface area contributed by atoms with E-state index in [0.29, 0.717) is 22.3 Å². The van der Waals surface area contributed by atoms with Crippen molar-refractivity contribution in [3.8, 4) is 0 Å². The van der Waals surface area contributed by atoms with Gasteiger partial charge in [-0.25, -0.2) is 14.6 Å². The van der Waals surface area contributed by atoms with Gasteiger partial charge in [0, 0.05) is 10.3 Å². The lowest BCUT2D eigenvalue weighted by atomic mass is 10.2. The number of furan rings is 1. The Morgan fingerprint density at radius 1 is 1.12 bits per heavy atom. The fourth-order valence-electron chi connectivity index (χ4n) is 2.58. The molecule has 0 N–H and O–H groups in total. The van der Waals surface area contributed by atoms with Gasteiger partial charge in [0.2, 0.25) is 5.16 Å². The molecule has 7 nitrogen and oxygen atoms in total. The molecule has 0 saturated heterocycles. The van der Waals surface area contributed by atoms with E-state index in [1.807, 2.05) is 35.7 Å². The second-order valence-corrected chi connectivity index (χ2v) is 7.24. The molecule has 0 fully saturated rings. The van der Waals surface area contributed by atoms with E-state index >= 15 is 0 Å². The highest BCUT2D eigenvalue weighted by atomic mass is 32.2. The number of benzene rings is 1. The van der Waals surface area contributed by atoms with Crippen LogP contribution in [-0.4, -0.2) is 30.2 Å². The summed E-state index contributed by atoms with van der Waals surface area (Å²) in [5.41, 5.74) is 2.24. The van der Waals surface area contributed by atoms with Gasteiger partial charge in [0.1, 0.15) is 17.4 Å². The van der Waals surface area contributed by atoms with Crippen molar-refractivity contribution < 1.29 is 4.42 Å². The fourth-order valence-corrected chi connectivity index (χ4v) is 4.05. The molecular weight excluding hydrogens is 356 g/mol. The molecule has 0 unspecified atom stereocenters. The summed E-state index contributed by atoms with van der Waals surface area (Å²) in [6, 6.07) is 11.9. The monoisotopic (exact) mass is 366 g/mol. The maximum absolute atomic E-state index is 5.96. The van der Waals surface area contributed by atoms with Gasteiger partial charge in [-0.05, 0) is 45.8 Å². The Hall–Kier alpha value is -2.78. The van der Waals surface area contributed by atoms with E-state index in [2.05, 4.69) is 31.6 Å². The van der Waals surface area contributed by atoms with Crippen LogP contribution in [0.3, 0.4) is 0 Å². The topological polar surface area (TPSA) is 82.5 Å². The lowest BCUT2D eigenvalue weighted by Crippen LogP contribution is -2.02. The van der Waals surface area contributed by atoms with Crippen LogP contribution in [0, 0.1) is 0 Å². The molecule has 0 amide bonds. The molecule has 4 aromatic heterocycles. The predicted octanol–water partition coefficient (Wildman–Crippen LogP) is 3.62. The van der Waals surface area contributed by atoms with Crippen LogP contribution in [0.4, 0.5) is 0 Å². The lowest BCUT2D eigenvalue weighted by molar-refractivity contribution is 0.607. The summed E-state index contributed by atoms with van der Waals surface area (Å²) >= 11 is 3.05. The van der Waals surface area contributed by atoms with Gasteiger partial charge in [0.25, 0.3) is 0 Å². The second-order valence-electron chi connectivity index (χ2n) is 5.26. The molecule has 9 heteroatoms. The zero-order valence-electron chi connectivity index (χ0n) is 12.7. The molecule has 5 rings (SSSR count). The molecule has 1 aromatic carbocycles. The van der Waals surface area contributed by atoms with Crippen LogP contribution in [0.25, 0.3) is 22.1 Å². The first-order valence-corrected chi connectivity index (χ1v) is 9.17. The van der Waals surface area contributed by atoms with E-state index < -0.39 is 0 Å². The summed E-state index contributed by atoms with van der Waals surface area (Å²) < 4.78 is 7.71. The molecule has 0 bridgehead atoms. The maximum Gasteiger partial charge on any atom is 0.216 e. The number of fused-ring (bicyclic) bond motifs is 3. The van der Waals surface area contributed by atoms with Crippen LogP contribution < -0.4 is 0 Å². The van der Waals surface area contributed by atoms with Crippen LogP contribution in [0.5, 0.6) is 0 Å². The van der Waals surface area contributed by atoms with Gasteiger partial charge in [0.05, 0.1) is 6.54 Å². The number of tetrazole rings is 1. The highest BCUT2D eigenvalue weighted by Gasteiger charge is 2.17. The number of aromatic nitrogens is 6. The molecule has 0 aliphatic heterocycles. The molecule has 5 aromatic rings. The third-order valence-electron chi connectivity index (χ3n) is 3.70. The number of hydrogen-bond acceptors (Lipinski definition) is 8. The van der Waals surface area contributed by atoms with E-state index in [0.717, 1.165) is 16.5 Å². The molecular formula is C16H10N6OS2. The molecule has 0 aliphatic rings. The van der Waals surface area contributed by atoms with E-state index in [1.165, 1.54) is 16.6 Å². The van der Waals surface area contributed by atoms with Crippen molar-refractivity contribution in [3.63, 3.8) is 0 Å². The first-order valence-electron chi connectivity index (χ1n) is 7.47. The van der Waals surface area contributed by atoms with Crippen LogP contribution in [0.1, 0.15) is 4.88 Å². The van der Waals surface area contributed by atoms with Gasteiger partial charge in [-0.3, -0.25) is 0 Å². The Morgan fingerprint density at radius 3 is 3.00 bits per heavy atom. The quantitative estimate of drug-likeness (QED) is 0.449. The zero-order valence-corrected chi connectivity index (χ0v) is 14.4. The van der Waals surface area contributed by atoms with Crippen LogP contribution in [0.15, 0.2) is 62.7 Å². The standard InChI is InChI=1S/C16H10N6OS2/c1-2-6-12-11(5-1)13-14(23-12)15(18-9-17-13)25-16-19-20-21-22(16)8-10-4-3-7-24-10/h1-7,9H,8H2. The molecule has 25 heavy (non-hydrogen) atoms. The van der Waals surface area contributed by atoms with Crippen LogP contribution >= 0.6 is 23.1 Å². The van der Waals surface area contributed by atoms with Crippen molar-refractivity contribution in [1.29, 1.82) is 0 Å². The number of para-hydroxylation sites is 1. The lowest BCUT2D eigenvalue weighted by Gasteiger charge is -2.02. The molecule has 4 heterocycles. The van der Waals surface area contributed by atoms with Gasteiger partial charge in [-0.1, -0.05) is 18.2 Å². The Morgan fingerprint density at radius 2 is 2.08 bits per heavy atom. The van der Waals surface area contributed by atoms with E-state index in [9.17, 15) is 0 Å². The Balaban J connectivity index is 1.56. The van der Waals surface area contributed by atoms with Crippen molar-refractivity contribution in [2.75, 3.05) is 0 Å². The van der Waals surface area contributed by atoms with E-state index in [1.54, 1.807) is 22.3 Å². The molecule has 0 spiro atoms. The molecule has 0 saturated carbocycles. The van der Waals surface area contributed by atoms with Gasteiger partial charge in [-0.2, -0.15) is 0 Å². The minimum absolute atomic E-state index is 0.626. The summed E-state index contributed by atoms with van der Waals surface area (Å²) in [6.07, 6.45) is 1.54. The number of nitrogens with zero attached hydrogens (tertiary/aromatic N) is 6. The van der Waals surface area contributed by atoms with Gasteiger partial charge in [-0.15, -0.1) is 16.4 Å². The maximum atomic E-state index is 5.96. The fraction of sp³-hybridized carbons (Fsp3) is 0.0625. The molecule has 0 aliphatic carbocycles. The largest absolute Gasteiger partial charge is 0.451 e. The summed E-state index contributed by atoms with van der Waals surface area (Å²) in [4.78, 5) is 9.92. The Kier molecular flexibility index (Phi) is 3.46. The Bertz CT molecular complexity index is 1160. The number of hydrogen-bond donors (Lipinski definition) is 0. The second kappa shape index (κ2) is 5.94. The van der Waals surface area contributed by atoms with Gasteiger partial charge < -0.3 is 4.42 Å². The molecule has 122 valence electrons.